The minimum atomic E-state index is -0.189. The molecule has 2 saturated heterocycles. The zero-order valence-corrected chi connectivity index (χ0v) is 33.8. The molecule has 2 aliphatic rings. The number of ether oxygens (including phenoxy) is 3. The minimum absolute atomic E-state index is 0.0808. The molecule has 0 aliphatic carbocycles. The topological polar surface area (TPSA) is 80.3 Å². The first-order valence-corrected chi connectivity index (χ1v) is 20.6. The van der Waals surface area contributed by atoms with Crippen molar-refractivity contribution in [3.8, 4) is 28.4 Å². The number of benzene rings is 6. The van der Waals surface area contributed by atoms with Gasteiger partial charge in [0.15, 0.2) is 0 Å². The van der Waals surface area contributed by atoms with E-state index in [-0.39, 0.29) is 17.9 Å². The molecule has 0 saturated carbocycles. The fourth-order valence-electron chi connectivity index (χ4n) is 8.02. The monoisotopic (exact) mass is 785 g/mol. The molecule has 0 bridgehead atoms. The number of aryl methyl sites for hydroxylation is 1. The molecule has 0 radical (unpaired) electrons. The second kappa shape index (κ2) is 18.4. The van der Waals surface area contributed by atoms with Gasteiger partial charge >= 0.3 is 0 Å². The molecule has 1 N–H and O–H groups in total. The number of rotatable bonds is 12. The standard InChI is InChI=1S/C51H51N3O5/c1-36-8-12-43(13-9-36)51(56)54-32-28-47(29-33-54)59-46-21-10-37(11-22-46)35-58-45-23-18-40(19-24-45)39-14-16-42(17-15-39)50(55)52-48-34-44(20-25-49(48)57-2)53-30-26-41(27-31-53)38-6-4-3-5-7-38/h3-25,34,41,47H,26-33,35H2,1-2H3,(H,52,55). The van der Waals surface area contributed by atoms with E-state index < -0.39 is 0 Å². The molecular weight excluding hydrogens is 735 g/mol. The molecule has 8 rings (SSSR count). The maximum absolute atomic E-state index is 13.4. The van der Waals surface area contributed by atoms with E-state index >= 15 is 0 Å². The summed E-state index contributed by atoms with van der Waals surface area (Å²) >= 11 is 0. The lowest BCUT2D eigenvalue weighted by atomic mass is 9.89. The number of hydrogen-bond acceptors (Lipinski definition) is 6. The first-order valence-electron chi connectivity index (χ1n) is 20.6. The number of likely N-dealkylation sites (tertiary alicyclic amines) is 1. The normalized spacial score (nSPS) is 14.7. The molecule has 0 spiro atoms. The highest BCUT2D eigenvalue weighted by Gasteiger charge is 2.25. The summed E-state index contributed by atoms with van der Waals surface area (Å²) in [6.07, 6.45) is 3.87. The number of amides is 2. The first kappa shape index (κ1) is 39.3. The highest BCUT2D eigenvalue weighted by Crippen LogP contribution is 2.35. The number of anilines is 2. The molecule has 2 fully saturated rings. The smallest absolute Gasteiger partial charge is 0.255 e. The number of nitrogens with zero attached hydrogens (tertiary/aromatic N) is 2. The van der Waals surface area contributed by atoms with Gasteiger partial charge in [0.05, 0.1) is 12.8 Å². The molecule has 6 aromatic rings. The summed E-state index contributed by atoms with van der Waals surface area (Å²) in [6.45, 7) is 5.75. The highest BCUT2D eigenvalue weighted by molar-refractivity contribution is 6.05. The minimum Gasteiger partial charge on any atom is -0.495 e. The van der Waals surface area contributed by atoms with Crippen LogP contribution in [0.15, 0.2) is 146 Å². The van der Waals surface area contributed by atoms with E-state index in [1.54, 1.807) is 7.11 Å². The van der Waals surface area contributed by atoms with Gasteiger partial charge in [-0.05, 0) is 115 Å². The van der Waals surface area contributed by atoms with Gasteiger partial charge in [-0.15, -0.1) is 0 Å². The Morgan fingerprint density at radius 3 is 1.95 bits per heavy atom. The van der Waals surface area contributed by atoms with E-state index in [9.17, 15) is 9.59 Å². The van der Waals surface area contributed by atoms with Gasteiger partial charge in [0.1, 0.15) is 30.0 Å². The largest absolute Gasteiger partial charge is 0.495 e. The molecule has 59 heavy (non-hydrogen) atoms. The van der Waals surface area contributed by atoms with E-state index in [2.05, 4.69) is 46.6 Å². The first-order chi connectivity index (χ1) is 28.9. The third-order valence-corrected chi connectivity index (χ3v) is 11.6. The SMILES string of the molecule is COc1ccc(N2CCC(c3ccccc3)CC2)cc1NC(=O)c1ccc(-c2ccc(OCc3ccc(OC4CCN(C(=O)c5ccc(C)cc5)CC4)cc3)cc2)cc1. The lowest BCUT2D eigenvalue weighted by Crippen LogP contribution is -2.41. The number of piperidine rings is 2. The summed E-state index contributed by atoms with van der Waals surface area (Å²) in [4.78, 5) is 30.6. The van der Waals surface area contributed by atoms with Crippen molar-refractivity contribution in [3.05, 3.63) is 173 Å². The van der Waals surface area contributed by atoms with Crippen LogP contribution in [-0.2, 0) is 6.61 Å². The van der Waals surface area contributed by atoms with E-state index in [0.29, 0.717) is 42.6 Å². The number of nitrogens with one attached hydrogen (secondary N) is 1. The molecule has 8 heteroatoms. The predicted octanol–water partition coefficient (Wildman–Crippen LogP) is 10.6. The summed E-state index contributed by atoms with van der Waals surface area (Å²) in [6, 6.07) is 48.2. The van der Waals surface area contributed by atoms with Crippen molar-refractivity contribution in [1.29, 1.82) is 0 Å². The molecule has 2 heterocycles. The molecule has 2 aliphatic heterocycles. The maximum Gasteiger partial charge on any atom is 0.255 e. The van der Waals surface area contributed by atoms with Crippen molar-refractivity contribution in [2.24, 2.45) is 0 Å². The second-order valence-electron chi connectivity index (χ2n) is 15.5. The molecule has 0 unspecified atom stereocenters. The number of hydrogen-bond donors (Lipinski definition) is 1. The van der Waals surface area contributed by atoms with Crippen LogP contribution >= 0.6 is 0 Å². The van der Waals surface area contributed by atoms with Gasteiger partial charge < -0.3 is 29.3 Å². The predicted molar refractivity (Wildman–Crippen MR) is 235 cm³/mol. The van der Waals surface area contributed by atoms with Gasteiger partial charge in [0.25, 0.3) is 11.8 Å². The van der Waals surface area contributed by atoms with Crippen molar-refractivity contribution in [2.45, 2.75) is 51.2 Å². The van der Waals surface area contributed by atoms with Crippen LogP contribution in [0.1, 0.15) is 69.0 Å². The van der Waals surface area contributed by atoms with Gasteiger partial charge in [0, 0.05) is 55.8 Å². The number of carbonyl (C=O) groups excluding carboxylic acids is 2. The van der Waals surface area contributed by atoms with Crippen LogP contribution in [0, 0.1) is 6.92 Å². The zero-order chi connectivity index (χ0) is 40.6. The van der Waals surface area contributed by atoms with Crippen LogP contribution < -0.4 is 24.4 Å². The molecular formula is C51H51N3O5. The van der Waals surface area contributed by atoms with E-state index in [0.717, 1.165) is 83.8 Å². The maximum atomic E-state index is 13.4. The Labute approximate surface area is 347 Å². The van der Waals surface area contributed by atoms with Gasteiger partial charge in [-0.3, -0.25) is 9.59 Å². The van der Waals surface area contributed by atoms with Crippen LogP contribution in [-0.4, -0.2) is 56.1 Å². The Morgan fingerprint density at radius 2 is 1.29 bits per heavy atom. The summed E-state index contributed by atoms with van der Waals surface area (Å²) in [5.74, 6) is 2.69. The van der Waals surface area contributed by atoms with Crippen molar-refractivity contribution in [3.63, 3.8) is 0 Å². The van der Waals surface area contributed by atoms with E-state index in [1.165, 1.54) is 5.56 Å². The Balaban J connectivity index is 0.796. The molecule has 0 aromatic heterocycles. The molecule has 8 nitrogen and oxygen atoms in total. The Hall–Kier alpha value is -6.54. The second-order valence-corrected chi connectivity index (χ2v) is 15.5. The highest BCUT2D eigenvalue weighted by atomic mass is 16.5. The van der Waals surface area contributed by atoms with Crippen LogP contribution in [0.3, 0.4) is 0 Å². The Morgan fingerprint density at radius 1 is 0.661 bits per heavy atom. The van der Waals surface area contributed by atoms with Crippen molar-refractivity contribution < 1.29 is 23.8 Å². The fourth-order valence-corrected chi connectivity index (χ4v) is 8.02. The van der Waals surface area contributed by atoms with Gasteiger partial charge in [-0.1, -0.05) is 84.4 Å². The summed E-state index contributed by atoms with van der Waals surface area (Å²) in [5, 5.41) is 3.09. The summed E-state index contributed by atoms with van der Waals surface area (Å²) in [7, 11) is 1.62. The molecule has 2 amide bonds. The molecule has 0 atom stereocenters. The van der Waals surface area contributed by atoms with Crippen molar-refractivity contribution in [2.75, 3.05) is 43.5 Å². The lowest BCUT2D eigenvalue weighted by Gasteiger charge is -2.34. The van der Waals surface area contributed by atoms with Gasteiger partial charge in [-0.25, -0.2) is 0 Å². The molecule has 300 valence electrons. The van der Waals surface area contributed by atoms with Crippen LogP contribution in [0.4, 0.5) is 11.4 Å². The summed E-state index contributed by atoms with van der Waals surface area (Å²) < 4.78 is 18.0. The average Bonchev–Trinajstić information content (AvgIpc) is 3.29. The third kappa shape index (κ3) is 9.78. The van der Waals surface area contributed by atoms with Crippen LogP contribution in [0.2, 0.25) is 0 Å². The Bertz CT molecular complexity index is 2310. The third-order valence-electron chi connectivity index (χ3n) is 11.6. The summed E-state index contributed by atoms with van der Waals surface area (Å²) in [5.41, 5.74) is 8.68. The number of methoxy groups -OCH3 is 1. The van der Waals surface area contributed by atoms with E-state index in [4.69, 9.17) is 14.2 Å². The number of carbonyl (C=O) groups is 2. The van der Waals surface area contributed by atoms with E-state index in [1.807, 2.05) is 121 Å². The van der Waals surface area contributed by atoms with Crippen LogP contribution in [0.5, 0.6) is 17.2 Å². The van der Waals surface area contributed by atoms with Crippen molar-refractivity contribution in [1.82, 2.24) is 4.90 Å². The van der Waals surface area contributed by atoms with Crippen molar-refractivity contribution >= 4 is 23.2 Å². The zero-order valence-electron chi connectivity index (χ0n) is 33.8. The Kier molecular flexibility index (Phi) is 12.2. The molecule has 6 aromatic carbocycles. The van der Waals surface area contributed by atoms with Gasteiger partial charge in [-0.2, -0.15) is 0 Å². The quantitative estimate of drug-likeness (QED) is 0.133. The van der Waals surface area contributed by atoms with Crippen LogP contribution in [0.25, 0.3) is 11.1 Å². The van der Waals surface area contributed by atoms with Gasteiger partial charge in [0.2, 0.25) is 0 Å². The fraction of sp³-hybridized carbons (Fsp3) is 0.255. The lowest BCUT2D eigenvalue weighted by molar-refractivity contribution is 0.0595. The average molecular weight is 786 g/mol.